The maximum absolute atomic E-state index is 11.7. The molecule has 0 saturated carbocycles. The second-order valence-corrected chi connectivity index (χ2v) is 5.87. The van der Waals surface area contributed by atoms with Gasteiger partial charge in [-0.2, -0.15) is 0 Å². The van der Waals surface area contributed by atoms with Crippen molar-refractivity contribution in [2.24, 2.45) is 0 Å². The number of carboxylic acids is 1. The number of Topliss-reactive ketones (excluding diaryl/α,β-unsaturated/α-hetero) is 1. The summed E-state index contributed by atoms with van der Waals surface area (Å²) in [6.07, 6.45) is -0.768. The highest BCUT2D eigenvalue weighted by Crippen LogP contribution is 2.23. The summed E-state index contributed by atoms with van der Waals surface area (Å²) in [6, 6.07) is 4.25. The summed E-state index contributed by atoms with van der Waals surface area (Å²) >= 11 is 3.18. The maximum Gasteiger partial charge on any atom is 0.412 e. The van der Waals surface area contributed by atoms with E-state index in [9.17, 15) is 14.4 Å². The number of carbonyl (C=O) groups is 3. The fourth-order valence-corrected chi connectivity index (χ4v) is 1.71. The lowest BCUT2D eigenvalue weighted by Gasteiger charge is -2.20. The van der Waals surface area contributed by atoms with Crippen molar-refractivity contribution >= 4 is 39.5 Å². The molecule has 1 aromatic carbocycles. The Morgan fingerprint density at radius 3 is 2.35 bits per heavy atom. The van der Waals surface area contributed by atoms with E-state index in [1.165, 1.54) is 18.2 Å². The van der Waals surface area contributed by atoms with E-state index in [4.69, 9.17) is 9.84 Å². The molecular weight excluding hydrogens is 330 g/mol. The van der Waals surface area contributed by atoms with E-state index >= 15 is 0 Å². The average molecular weight is 344 g/mol. The minimum absolute atomic E-state index is 0.0704. The molecule has 108 valence electrons. The molecule has 0 aliphatic carbocycles. The first-order chi connectivity index (χ1) is 9.10. The van der Waals surface area contributed by atoms with E-state index in [2.05, 4.69) is 21.2 Å². The Hall–Kier alpha value is -1.89. The quantitative estimate of drug-likeness (QED) is 0.649. The number of ketones is 1. The molecule has 7 heteroatoms. The second-order valence-electron chi connectivity index (χ2n) is 4.95. The van der Waals surface area contributed by atoms with Crippen LogP contribution in [0.25, 0.3) is 0 Å². The monoisotopic (exact) mass is 343 g/mol. The van der Waals surface area contributed by atoms with Crippen LogP contribution >= 0.6 is 15.9 Å². The molecule has 6 nitrogen and oxygen atoms in total. The van der Waals surface area contributed by atoms with Crippen molar-refractivity contribution < 1.29 is 24.2 Å². The topological polar surface area (TPSA) is 92.7 Å². The number of hydrogen-bond acceptors (Lipinski definition) is 4. The first-order valence-electron chi connectivity index (χ1n) is 5.67. The third-order valence-electron chi connectivity index (χ3n) is 2.06. The van der Waals surface area contributed by atoms with Gasteiger partial charge in [0.05, 0.1) is 11.3 Å². The number of halogens is 1. The molecule has 1 aromatic rings. The van der Waals surface area contributed by atoms with Gasteiger partial charge in [0.1, 0.15) is 5.60 Å². The highest BCUT2D eigenvalue weighted by Gasteiger charge is 2.22. The Bertz CT molecular complexity index is 562. The molecule has 0 aromatic heterocycles. The van der Waals surface area contributed by atoms with Crippen LogP contribution in [0.2, 0.25) is 0 Å². The fourth-order valence-electron chi connectivity index (χ4n) is 1.35. The van der Waals surface area contributed by atoms with Crippen LogP contribution in [0.1, 0.15) is 31.1 Å². The molecule has 2 N–H and O–H groups in total. The van der Waals surface area contributed by atoms with Gasteiger partial charge in [-0.1, -0.05) is 15.9 Å². The highest BCUT2D eigenvalue weighted by molar-refractivity contribution is 9.10. The van der Waals surface area contributed by atoms with Crippen LogP contribution in [0.4, 0.5) is 10.5 Å². The number of anilines is 1. The Balaban J connectivity index is 3.05. The Labute approximate surface area is 124 Å². The van der Waals surface area contributed by atoms with Crippen LogP contribution in [0.3, 0.4) is 0 Å². The van der Waals surface area contributed by atoms with E-state index in [1.54, 1.807) is 20.8 Å². The Morgan fingerprint density at radius 2 is 1.85 bits per heavy atom. The van der Waals surface area contributed by atoms with Gasteiger partial charge >= 0.3 is 12.1 Å². The van der Waals surface area contributed by atoms with Crippen LogP contribution in [0.5, 0.6) is 0 Å². The number of benzene rings is 1. The summed E-state index contributed by atoms with van der Waals surface area (Å²) in [5.41, 5.74) is -0.750. The van der Waals surface area contributed by atoms with Crippen molar-refractivity contribution in [2.75, 3.05) is 5.32 Å². The predicted octanol–water partition coefficient (Wildman–Crippen LogP) is 3.06. The van der Waals surface area contributed by atoms with E-state index in [0.717, 1.165) is 0 Å². The summed E-state index contributed by atoms with van der Waals surface area (Å²) < 4.78 is 5.64. The highest BCUT2D eigenvalue weighted by atomic mass is 79.9. The van der Waals surface area contributed by atoms with Crippen LogP contribution in [0, 0.1) is 0 Å². The van der Waals surface area contributed by atoms with Crippen LogP contribution in [-0.4, -0.2) is 28.6 Å². The molecule has 0 atom stereocenters. The standard InChI is InChI=1S/C13H14BrNO5/c1-13(2,3)20-12(19)15-9-6-7(14)4-5-8(9)10(16)11(17)18/h4-6H,1-3H3,(H,15,19)(H,17,18). The summed E-state index contributed by atoms with van der Waals surface area (Å²) in [6.45, 7) is 5.07. The summed E-state index contributed by atoms with van der Waals surface area (Å²) in [5, 5.41) is 11.1. The zero-order valence-corrected chi connectivity index (χ0v) is 12.8. The smallest absolute Gasteiger partial charge is 0.412 e. The molecule has 0 radical (unpaired) electrons. The molecule has 0 aliphatic heterocycles. The third kappa shape index (κ3) is 4.65. The third-order valence-corrected chi connectivity index (χ3v) is 2.55. The van der Waals surface area contributed by atoms with Crippen molar-refractivity contribution in [2.45, 2.75) is 26.4 Å². The molecule has 0 bridgehead atoms. The number of rotatable bonds is 3. The second kappa shape index (κ2) is 6.04. The summed E-state index contributed by atoms with van der Waals surface area (Å²) in [4.78, 5) is 34.0. The number of aliphatic carboxylic acids is 1. The largest absolute Gasteiger partial charge is 0.475 e. The van der Waals surface area contributed by atoms with Crippen molar-refractivity contribution in [1.29, 1.82) is 0 Å². The van der Waals surface area contributed by atoms with Gasteiger partial charge in [-0.15, -0.1) is 0 Å². The molecule has 0 spiro atoms. The molecule has 0 unspecified atom stereocenters. The number of amides is 1. The Kier molecular flexibility index (Phi) is 4.88. The average Bonchev–Trinajstić information content (AvgIpc) is 2.25. The molecule has 0 heterocycles. The lowest BCUT2D eigenvalue weighted by atomic mass is 10.1. The number of carbonyl (C=O) groups excluding carboxylic acids is 2. The summed E-state index contributed by atoms with van der Waals surface area (Å²) in [5.74, 6) is -2.71. The van der Waals surface area contributed by atoms with Gasteiger partial charge in [-0.05, 0) is 39.0 Å². The number of ether oxygens (including phenoxy) is 1. The molecule has 0 aliphatic rings. The van der Waals surface area contributed by atoms with Crippen molar-refractivity contribution in [3.8, 4) is 0 Å². The van der Waals surface area contributed by atoms with E-state index < -0.39 is 23.4 Å². The first-order valence-corrected chi connectivity index (χ1v) is 6.46. The van der Waals surface area contributed by atoms with Gasteiger partial charge in [-0.3, -0.25) is 10.1 Å². The van der Waals surface area contributed by atoms with Gasteiger partial charge in [0, 0.05) is 4.47 Å². The van der Waals surface area contributed by atoms with Crippen molar-refractivity contribution in [3.05, 3.63) is 28.2 Å². The van der Waals surface area contributed by atoms with Crippen molar-refractivity contribution in [1.82, 2.24) is 0 Å². The molecular formula is C13H14BrNO5. The minimum Gasteiger partial charge on any atom is -0.475 e. The maximum atomic E-state index is 11.7. The normalized spacial score (nSPS) is 10.8. The van der Waals surface area contributed by atoms with E-state index in [-0.39, 0.29) is 11.3 Å². The lowest BCUT2D eigenvalue weighted by molar-refractivity contribution is -0.131. The molecule has 1 amide bonds. The molecule has 1 rings (SSSR count). The van der Waals surface area contributed by atoms with Gasteiger partial charge in [0.25, 0.3) is 5.78 Å². The molecule has 20 heavy (non-hydrogen) atoms. The number of nitrogens with one attached hydrogen (secondary N) is 1. The Morgan fingerprint density at radius 1 is 1.25 bits per heavy atom. The zero-order chi connectivity index (χ0) is 15.5. The number of carboxylic acid groups (broad SMARTS) is 1. The zero-order valence-electron chi connectivity index (χ0n) is 11.2. The van der Waals surface area contributed by atoms with Gasteiger partial charge in [-0.25, -0.2) is 9.59 Å². The number of hydrogen-bond donors (Lipinski definition) is 2. The predicted molar refractivity (Wildman–Crippen MR) is 76.0 cm³/mol. The molecule has 0 fully saturated rings. The fraction of sp³-hybridized carbons (Fsp3) is 0.308. The van der Waals surface area contributed by atoms with Crippen molar-refractivity contribution in [3.63, 3.8) is 0 Å². The van der Waals surface area contributed by atoms with E-state index in [1.807, 2.05) is 0 Å². The lowest BCUT2D eigenvalue weighted by Crippen LogP contribution is -2.28. The van der Waals surface area contributed by atoms with Crippen LogP contribution < -0.4 is 5.32 Å². The van der Waals surface area contributed by atoms with E-state index in [0.29, 0.717) is 4.47 Å². The van der Waals surface area contributed by atoms with Crippen LogP contribution in [-0.2, 0) is 9.53 Å². The SMILES string of the molecule is CC(C)(C)OC(=O)Nc1cc(Br)ccc1C(=O)C(=O)O. The van der Waals surface area contributed by atoms with Gasteiger partial charge in [0.2, 0.25) is 0 Å². The summed E-state index contributed by atoms with van der Waals surface area (Å²) in [7, 11) is 0. The van der Waals surface area contributed by atoms with Gasteiger partial charge < -0.3 is 9.84 Å². The minimum atomic E-state index is -1.60. The van der Waals surface area contributed by atoms with Gasteiger partial charge in [0.15, 0.2) is 0 Å². The molecule has 0 saturated heterocycles. The van der Waals surface area contributed by atoms with Crippen LogP contribution in [0.15, 0.2) is 22.7 Å². The first kappa shape index (κ1) is 16.2.